The van der Waals surface area contributed by atoms with Crippen LogP contribution in [0.2, 0.25) is 0 Å². The third-order valence-electron chi connectivity index (χ3n) is 4.43. The Morgan fingerprint density at radius 2 is 2.05 bits per heavy atom. The summed E-state index contributed by atoms with van der Waals surface area (Å²) in [6.45, 7) is 6.19. The number of hydrogen-bond donors (Lipinski definition) is 1. The minimum atomic E-state index is 0.554. The first-order chi connectivity index (χ1) is 9.72. The molecule has 20 heavy (non-hydrogen) atoms. The summed E-state index contributed by atoms with van der Waals surface area (Å²) in [6.07, 6.45) is 7.55. The third kappa shape index (κ3) is 3.00. The van der Waals surface area contributed by atoms with E-state index >= 15 is 0 Å². The summed E-state index contributed by atoms with van der Waals surface area (Å²) in [4.78, 5) is 0. The summed E-state index contributed by atoms with van der Waals surface area (Å²) in [5, 5.41) is 3.60. The van der Waals surface area contributed by atoms with Crippen molar-refractivity contribution in [2.24, 2.45) is 23.7 Å². The van der Waals surface area contributed by atoms with Crippen LogP contribution in [0.3, 0.4) is 0 Å². The minimum absolute atomic E-state index is 0.554. The van der Waals surface area contributed by atoms with Gasteiger partial charge in [0, 0.05) is 6.54 Å². The van der Waals surface area contributed by atoms with E-state index in [0.29, 0.717) is 5.92 Å². The van der Waals surface area contributed by atoms with Crippen LogP contribution in [-0.2, 0) is 0 Å². The van der Waals surface area contributed by atoms with Crippen LogP contribution in [0.15, 0.2) is 36.4 Å². The molecule has 3 unspecified atom stereocenters. The van der Waals surface area contributed by atoms with Gasteiger partial charge in [0.2, 0.25) is 0 Å². The maximum Gasteiger partial charge on any atom is 0.142 e. The topological polar surface area (TPSA) is 21.3 Å². The van der Waals surface area contributed by atoms with Gasteiger partial charge in [0.1, 0.15) is 5.75 Å². The quantitative estimate of drug-likeness (QED) is 0.777. The molecular weight excluding hydrogens is 246 g/mol. The zero-order valence-electron chi connectivity index (χ0n) is 12.5. The Morgan fingerprint density at radius 3 is 2.75 bits per heavy atom. The SMILES string of the molecule is CC(C)COc1ccccc1NCC1CC2C=CC1C2. The second-order valence-corrected chi connectivity index (χ2v) is 6.62. The summed E-state index contributed by atoms with van der Waals surface area (Å²) in [5.41, 5.74) is 1.14. The molecule has 2 aliphatic carbocycles. The smallest absolute Gasteiger partial charge is 0.142 e. The van der Waals surface area contributed by atoms with Gasteiger partial charge in [0.25, 0.3) is 0 Å². The first-order valence-corrected chi connectivity index (χ1v) is 7.86. The van der Waals surface area contributed by atoms with Gasteiger partial charge in [0.05, 0.1) is 12.3 Å². The van der Waals surface area contributed by atoms with E-state index in [9.17, 15) is 0 Å². The third-order valence-corrected chi connectivity index (χ3v) is 4.43. The average molecular weight is 271 g/mol. The van der Waals surface area contributed by atoms with Gasteiger partial charge in [-0.3, -0.25) is 0 Å². The van der Waals surface area contributed by atoms with E-state index < -0.39 is 0 Å². The van der Waals surface area contributed by atoms with Gasteiger partial charge in [-0.05, 0) is 48.6 Å². The van der Waals surface area contributed by atoms with Crippen molar-refractivity contribution in [2.45, 2.75) is 26.7 Å². The van der Waals surface area contributed by atoms with Crippen LogP contribution >= 0.6 is 0 Å². The fraction of sp³-hybridized carbons (Fsp3) is 0.556. The fourth-order valence-electron chi connectivity index (χ4n) is 3.37. The first-order valence-electron chi connectivity index (χ1n) is 7.86. The maximum absolute atomic E-state index is 5.90. The largest absolute Gasteiger partial charge is 0.491 e. The van der Waals surface area contributed by atoms with Crippen LogP contribution in [0.1, 0.15) is 26.7 Å². The van der Waals surface area contributed by atoms with Crippen molar-refractivity contribution in [3.05, 3.63) is 36.4 Å². The highest BCUT2D eigenvalue weighted by molar-refractivity contribution is 5.56. The van der Waals surface area contributed by atoms with Gasteiger partial charge in [-0.25, -0.2) is 0 Å². The predicted molar refractivity (Wildman–Crippen MR) is 84.1 cm³/mol. The minimum Gasteiger partial charge on any atom is -0.491 e. The number of para-hydroxylation sites is 2. The van der Waals surface area contributed by atoms with Gasteiger partial charge >= 0.3 is 0 Å². The van der Waals surface area contributed by atoms with Crippen molar-refractivity contribution < 1.29 is 4.74 Å². The molecule has 0 aliphatic heterocycles. The summed E-state index contributed by atoms with van der Waals surface area (Å²) in [7, 11) is 0. The Bertz CT molecular complexity index is 480. The molecule has 1 aromatic carbocycles. The van der Waals surface area contributed by atoms with Gasteiger partial charge in [-0.15, -0.1) is 0 Å². The highest BCUT2D eigenvalue weighted by atomic mass is 16.5. The molecule has 0 heterocycles. The van der Waals surface area contributed by atoms with Crippen LogP contribution in [0.4, 0.5) is 5.69 Å². The van der Waals surface area contributed by atoms with E-state index in [-0.39, 0.29) is 0 Å². The summed E-state index contributed by atoms with van der Waals surface area (Å²) in [5.74, 6) is 3.98. The van der Waals surface area contributed by atoms with Gasteiger partial charge in [-0.2, -0.15) is 0 Å². The summed E-state index contributed by atoms with van der Waals surface area (Å²) in [6, 6.07) is 8.30. The van der Waals surface area contributed by atoms with Crippen LogP contribution in [0.25, 0.3) is 0 Å². The van der Waals surface area contributed by atoms with Crippen molar-refractivity contribution in [3.63, 3.8) is 0 Å². The lowest BCUT2D eigenvalue weighted by molar-refractivity contribution is 0.272. The number of benzene rings is 1. The molecule has 108 valence electrons. The van der Waals surface area contributed by atoms with Crippen LogP contribution in [-0.4, -0.2) is 13.2 Å². The van der Waals surface area contributed by atoms with E-state index in [2.05, 4.69) is 49.5 Å². The molecular formula is C18H25NO. The molecule has 2 aliphatic rings. The normalized spacial score (nSPS) is 27.2. The van der Waals surface area contributed by atoms with E-state index in [0.717, 1.165) is 42.3 Å². The number of nitrogens with one attached hydrogen (secondary N) is 1. The van der Waals surface area contributed by atoms with E-state index in [4.69, 9.17) is 4.74 Å². The standard InChI is InChI=1S/C18H25NO/c1-13(2)12-20-18-6-4-3-5-17(18)19-11-16-10-14-7-8-15(16)9-14/h3-8,13-16,19H,9-12H2,1-2H3. The lowest BCUT2D eigenvalue weighted by Gasteiger charge is -2.20. The summed E-state index contributed by atoms with van der Waals surface area (Å²) < 4.78 is 5.90. The van der Waals surface area contributed by atoms with Crippen molar-refractivity contribution >= 4 is 5.69 Å². The van der Waals surface area contributed by atoms with Gasteiger partial charge in [0.15, 0.2) is 0 Å². The van der Waals surface area contributed by atoms with Crippen molar-refractivity contribution in [3.8, 4) is 5.75 Å². The highest BCUT2D eigenvalue weighted by Crippen LogP contribution is 2.43. The van der Waals surface area contributed by atoms with E-state index in [1.165, 1.54) is 12.8 Å². The van der Waals surface area contributed by atoms with Gasteiger partial charge in [-0.1, -0.05) is 38.1 Å². The lowest BCUT2D eigenvalue weighted by Crippen LogP contribution is -2.18. The number of ether oxygens (including phenoxy) is 1. The van der Waals surface area contributed by atoms with Crippen molar-refractivity contribution in [2.75, 3.05) is 18.5 Å². The zero-order valence-corrected chi connectivity index (χ0v) is 12.5. The Kier molecular flexibility index (Phi) is 4.00. The predicted octanol–water partition coefficient (Wildman–Crippen LogP) is 4.35. The monoisotopic (exact) mass is 271 g/mol. The first kappa shape index (κ1) is 13.5. The molecule has 0 saturated heterocycles. The Balaban J connectivity index is 1.58. The molecule has 2 nitrogen and oxygen atoms in total. The Labute approximate surface area is 122 Å². The fourth-order valence-corrected chi connectivity index (χ4v) is 3.37. The second kappa shape index (κ2) is 5.90. The van der Waals surface area contributed by atoms with Crippen LogP contribution in [0.5, 0.6) is 5.75 Å². The molecule has 2 bridgehead atoms. The van der Waals surface area contributed by atoms with Gasteiger partial charge < -0.3 is 10.1 Å². The Morgan fingerprint density at radius 1 is 1.20 bits per heavy atom. The second-order valence-electron chi connectivity index (χ2n) is 6.62. The van der Waals surface area contributed by atoms with E-state index in [1.54, 1.807) is 0 Å². The van der Waals surface area contributed by atoms with Crippen LogP contribution < -0.4 is 10.1 Å². The Hall–Kier alpha value is -1.44. The number of fused-ring (bicyclic) bond motifs is 2. The molecule has 0 amide bonds. The molecule has 1 aromatic rings. The molecule has 3 rings (SSSR count). The van der Waals surface area contributed by atoms with E-state index in [1.807, 2.05) is 6.07 Å². The number of hydrogen-bond acceptors (Lipinski definition) is 2. The summed E-state index contributed by atoms with van der Waals surface area (Å²) >= 11 is 0. The molecule has 0 spiro atoms. The number of rotatable bonds is 6. The number of allylic oxidation sites excluding steroid dienone is 2. The molecule has 1 fully saturated rings. The molecule has 0 aromatic heterocycles. The zero-order chi connectivity index (χ0) is 13.9. The maximum atomic E-state index is 5.90. The van der Waals surface area contributed by atoms with Crippen molar-refractivity contribution in [1.82, 2.24) is 0 Å². The van der Waals surface area contributed by atoms with Crippen molar-refractivity contribution in [1.29, 1.82) is 0 Å². The molecule has 2 heteroatoms. The number of anilines is 1. The lowest BCUT2D eigenvalue weighted by atomic mass is 9.93. The molecule has 0 radical (unpaired) electrons. The average Bonchev–Trinajstić information content (AvgIpc) is 3.06. The van der Waals surface area contributed by atoms with Crippen LogP contribution in [0, 0.1) is 23.7 Å². The molecule has 1 N–H and O–H groups in total. The molecule has 1 saturated carbocycles. The molecule has 3 atom stereocenters. The highest BCUT2D eigenvalue weighted by Gasteiger charge is 2.35.